The van der Waals surface area contributed by atoms with Gasteiger partial charge in [-0.1, -0.05) is 82.7 Å². The summed E-state index contributed by atoms with van der Waals surface area (Å²) >= 11 is 3.50. The first kappa shape index (κ1) is 33.7. The second-order valence-corrected chi connectivity index (χ2v) is 13.8. The van der Waals surface area contributed by atoms with Crippen molar-refractivity contribution in [2.24, 2.45) is 0 Å². The smallest absolute Gasteiger partial charge is 0.264 e. The molecule has 4 aromatic carbocycles. The van der Waals surface area contributed by atoms with E-state index in [4.69, 9.17) is 4.74 Å². The first-order valence-corrected chi connectivity index (χ1v) is 16.8. The van der Waals surface area contributed by atoms with Gasteiger partial charge in [0.25, 0.3) is 10.0 Å². The van der Waals surface area contributed by atoms with E-state index in [1.165, 1.54) is 24.1 Å². The Hall–Kier alpha value is -4.15. The second-order valence-electron chi connectivity index (χ2n) is 11.0. The van der Waals surface area contributed by atoms with Crippen molar-refractivity contribution in [3.63, 3.8) is 0 Å². The summed E-state index contributed by atoms with van der Waals surface area (Å²) in [6.45, 7) is 5.06. The number of hydrogen-bond donors (Lipinski definition) is 1. The number of carbonyl (C=O) groups is 2. The molecule has 0 spiro atoms. The molecule has 4 aromatic rings. The van der Waals surface area contributed by atoms with Gasteiger partial charge in [0.05, 0.1) is 17.7 Å². The van der Waals surface area contributed by atoms with Crippen LogP contribution < -0.4 is 14.4 Å². The summed E-state index contributed by atoms with van der Waals surface area (Å²) < 4.78 is 35.9. The predicted molar refractivity (Wildman–Crippen MR) is 181 cm³/mol. The third-order valence-corrected chi connectivity index (χ3v) is 9.42. The molecule has 0 aliphatic rings. The summed E-state index contributed by atoms with van der Waals surface area (Å²) in [5, 5.41) is 2.97. The number of aryl methyl sites for hydroxylation is 1. The van der Waals surface area contributed by atoms with Crippen molar-refractivity contribution in [1.82, 2.24) is 10.2 Å². The summed E-state index contributed by atoms with van der Waals surface area (Å²) in [4.78, 5) is 29.9. The fourth-order valence-corrected chi connectivity index (χ4v) is 6.88. The number of nitrogens with zero attached hydrogens (tertiary/aromatic N) is 2. The molecule has 0 heterocycles. The Bertz CT molecular complexity index is 1720. The standard InChI is InChI=1S/C35H38BrN3O5S/c1-25(2)37-35(41)32(22-27-12-7-5-8-13-27)38(23-28-14-11-15-29(36)21-28)34(40)24-39(31-20-26(3)18-19-33(31)44-4)45(42,43)30-16-9-6-10-17-30/h5-21,25,32H,22-24H2,1-4H3,(H,37,41)/t32-/m1/s1. The van der Waals surface area contributed by atoms with E-state index in [1.54, 1.807) is 30.3 Å². The van der Waals surface area contributed by atoms with Gasteiger partial charge >= 0.3 is 0 Å². The first-order chi connectivity index (χ1) is 21.5. The van der Waals surface area contributed by atoms with Gasteiger partial charge in [0.1, 0.15) is 18.3 Å². The number of benzene rings is 4. The topological polar surface area (TPSA) is 96.0 Å². The van der Waals surface area contributed by atoms with E-state index in [1.807, 2.05) is 81.4 Å². The average molecular weight is 693 g/mol. The SMILES string of the molecule is COc1ccc(C)cc1N(CC(=O)N(Cc1cccc(Br)c1)[C@H](Cc1ccccc1)C(=O)NC(C)C)S(=O)(=O)c1ccccc1. The Morgan fingerprint density at radius 1 is 0.867 bits per heavy atom. The van der Waals surface area contributed by atoms with Crippen LogP contribution in [0.2, 0.25) is 0 Å². The van der Waals surface area contributed by atoms with E-state index in [0.717, 1.165) is 25.5 Å². The molecule has 0 aliphatic heterocycles. The van der Waals surface area contributed by atoms with Crippen LogP contribution in [-0.2, 0) is 32.6 Å². The van der Waals surface area contributed by atoms with Crippen LogP contribution in [-0.4, -0.2) is 50.9 Å². The highest BCUT2D eigenvalue weighted by Gasteiger charge is 2.35. The Labute approximate surface area is 274 Å². The summed E-state index contributed by atoms with van der Waals surface area (Å²) in [6.07, 6.45) is 0.234. The first-order valence-electron chi connectivity index (χ1n) is 14.6. The van der Waals surface area contributed by atoms with Crippen LogP contribution in [0.1, 0.15) is 30.5 Å². The maximum Gasteiger partial charge on any atom is 0.264 e. The molecule has 1 atom stereocenters. The number of amides is 2. The number of sulfonamides is 1. The zero-order valence-corrected chi connectivity index (χ0v) is 28.2. The fourth-order valence-electron chi connectivity index (χ4n) is 4.99. The molecule has 0 saturated heterocycles. The van der Waals surface area contributed by atoms with Crippen LogP contribution in [0.15, 0.2) is 112 Å². The minimum absolute atomic E-state index is 0.0262. The number of carbonyl (C=O) groups excluding carboxylic acids is 2. The molecule has 0 unspecified atom stereocenters. The minimum Gasteiger partial charge on any atom is -0.495 e. The Morgan fingerprint density at radius 2 is 1.51 bits per heavy atom. The van der Waals surface area contributed by atoms with Gasteiger partial charge in [0.2, 0.25) is 11.8 Å². The van der Waals surface area contributed by atoms with Crippen LogP contribution in [0.4, 0.5) is 5.69 Å². The van der Waals surface area contributed by atoms with Crippen molar-refractivity contribution < 1.29 is 22.7 Å². The zero-order valence-electron chi connectivity index (χ0n) is 25.8. The molecule has 0 bridgehead atoms. The third-order valence-electron chi connectivity index (χ3n) is 7.16. The van der Waals surface area contributed by atoms with Gasteiger partial charge in [-0.05, 0) is 73.9 Å². The van der Waals surface area contributed by atoms with E-state index in [0.29, 0.717) is 5.75 Å². The lowest BCUT2D eigenvalue weighted by molar-refractivity contribution is -0.140. The number of halogens is 1. The lowest BCUT2D eigenvalue weighted by atomic mass is 10.0. The highest BCUT2D eigenvalue weighted by atomic mass is 79.9. The lowest BCUT2D eigenvalue weighted by Crippen LogP contribution is -2.54. The van der Waals surface area contributed by atoms with Crippen LogP contribution in [0.25, 0.3) is 0 Å². The molecule has 236 valence electrons. The Morgan fingerprint density at radius 3 is 2.13 bits per heavy atom. The van der Waals surface area contributed by atoms with Crippen LogP contribution in [0.3, 0.4) is 0 Å². The highest BCUT2D eigenvalue weighted by Crippen LogP contribution is 2.34. The molecule has 0 radical (unpaired) electrons. The van der Waals surface area contributed by atoms with E-state index in [9.17, 15) is 18.0 Å². The second kappa shape index (κ2) is 15.2. The number of rotatable bonds is 13. The van der Waals surface area contributed by atoms with Crippen molar-refractivity contribution in [1.29, 1.82) is 0 Å². The minimum atomic E-state index is -4.24. The van der Waals surface area contributed by atoms with Gasteiger partial charge in [0, 0.05) is 23.5 Å². The van der Waals surface area contributed by atoms with Gasteiger partial charge in [-0.25, -0.2) is 8.42 Å². The summed E-state index contributed by atoms with van der Waals surface area (Å²) in [5.74, 6) is -0.578. The van der Waals surface area contributed by atoms with Crippen LogP contribution >= 0.6 is 15.9 Å². The number of hydrogen-bond acceptors (Lipinski definition) is 5. The van der Waals surface area contributed by atoms with Crippen LogP contribution in [0, 0.1) is 6.92 Å². The van der Waals surface area contributed by atoms with Gasteiger partial charge in [-0.2, -0.15) is 0 Å². The number of nitrogens with one attached hydrogen (secondary N) is 1. The van der Waals surface area contributed by atoms with E-state index in [-0.39, 0.29) is 35.5 Å². The van der Waals surface area contributed by atoms with Crippen molar-refractivity contribution in [2.75, 3.05) is 18.0 Å². The normalized spacial score (nSPS) is 12.0. The Balaban J connectivity index is 1.85. The molecule has 10 heteroatoms. The van der Waals surface area contributed by atoms with Crippen molar-refractivity contribution in [3.8, 4) is 5.75 Å². The quantitative estimate of drug-likeness (QED) is 0.182. The van der Waals surface area contributed by atoms with E-state index >= 15 is 0 Å². The average Bonchev–Trinajstić information content (AvgIpc) is 3.02. The number of ether oxygens (including phenoxy) is 1. The van der Waals surface area contributed by atoms with E-state index in [2.05, 4.69) is 21.2 Å². The molecule has 4 rings (SSSR count). The molecule has 0 saturated carbocycles. The van der Waals surface area contributed by atoms with Gasteiger partial charge in [0.15, 0.2) is 0 Å². The van der Waals surface area contributed by atoms with E-state index < -0.39 is 28.5 Å². The largest absolute Gasteiger partial charge is 0.495 e. The van der Waals surface area contributed by atoms with Gasteiger partial charge in [-0.15, -0.1) is 0 Å². The van der Waals surface area contributed by atoms with Crippen molar-refractivity contribution in [2.45, 2.75) is 50.7 Å². The van der Waals surface area contributed by atoms with Crippen molar-refractivity contribution in [3.05, 3.63) is 124 Å². The maximum absolute atomic E-state index is 14.6. The third kappa shape index (κ3) is 8.73. The summed E-state index contributed by atoms with van der Waals surface area (Å²) in [7, 11) is -2.78. The summed E-state index contributed by atoms with van der Waals surface area (Å²) in [5.41, 5.74) is 2.65. The summed E-state index contributed by atoms with van der Waals surface area (Å²) in [6, 6.07) is 29.0. The fraction of sp³-hybridized carbons (Fsp3) is 0.257. The maximum atomic E-state index is 14.6. The molecule has 0 aliphatic carbocycles. The Kier molecular flexibility index (Phi) is 11.4. The number of methoxy groups -OCH3 is 1. The van der Waals surface area contributed by atoms with Crippen molar-refractivity contribution >= 4 is 43.5 Å². The molecule has 0 fully saturated rings. The molecule has 8 nitrogen and oxygen atoms in total. The highest BCUT2D eigenvalue weighted by molar-refractivity contribution is 9.10. The molecule has 1 N–H and O–H groups in total. The van der Waals surface area contributed by atoms with Crippen LogP contribution in [0.5, 0.6) is 5.75 Å². The zero-order chi connectivity index (χ0) is 32.6. The molecular weight excluding hydrogens is 654 g/mol. The monoisotopic (exact) mass is 691 g/mol. The molecular formula is C35H38BrN3O5S. The molecule has 2 amide bonds. The number of anilines is 1. The molecule has 45 heavy (non-hydrogen) atoms. The lowest BCUT2D eigenvalue weighted by Gasteiger charge is -2.34. The predicted octanol–water partition coefficient (Wildman–Crippen LogP) is 6.13. The molecule has 0 aromatic heterocycles. The van der Waals surface area contributed by atoms with Gasteiger partial charge in [-0.3, -0.25) is 13.9 Å². The van der Waals surface area contributed by atoms with Gasteiger partial charge < -0.3 is 15.0 Å².